The summed E-state index contributed by atoms with van der Waals surface area (Å²) in [5, 5.41) is 8.27. The van der Waals surface area contributed by atoms with E-state index in [0.29, 0.717) is 12.3 Å². The zero-order valence-corrected chi connectivity index (χ0v) is 19.4. The normalized spacial score (nSPS) is 10.8. The van der Waals surface area contributed by atoms with Gasteiger partial charge < -0.3 is 10.1 Å². The first-order valence-electron chi connectivity index (χ1n) is 10.5. The summed E-state index contributed by atoms with van der Waals surface area (Å²) < 4.78 is 7.06. The summed E-state index contributed by atoms with van der Waals surface area (Å²) in [6, 6.07) is 5.95. The average molecular weight is 439 g/mol. The molecule has 2 aromatic heterocycles. The van der Waals surface area contributed by atoms with E-state index in [4.69, 9.17) is 4.74 Å². The highest BCUT2D eigenvalue weighted by atomic mass is 16.5. The van der Waals surface area contributed by atoms with Gasteiger partial charge in [0, 0.05) is 24.8 Å². The predicted octanol–water partition coefficient (Wildman–Crippen LogP) is 2.40. The maximum Gasteiger partial charge on any atom is 0.257 e. The number of anilines is 1. The van der Waals surface area contributed by atoms with Crippen molar-refractivity contribution >= 4 is 28.5 Å². The van der Waals surface area contributed by atoms with Crippen LogP contribution in [0.1, 0.15) is 34.4 Å². The molecule has 0 saturated heterocycles. The van der Waals surface area contributed by atoms with E-state index in [1.807, 2.05) is 52.9 Å². The molecule has 9 nitrogen and oxygen atoms in total. The number of nitrogens with zero attached hydrogens (tertiary/aromatic N) is 3. The Kier molecular flexibility index (Phi) is 6.97. The van der Waals surface area contributed by atoms with Gasteiger partial charge in [-0.2, -0.15) is 0 Å². The number of pyridine rings is 1. The van der Waals surface area contributed by atoms with Crippen LogP contribution in [0, 0.1) is 27.7 Å². The molecule has 3 rings (SSSR count). The number of hydrogen-bond acceptors (Lipinski definition) is 6. The second kappa shape index (κ2) is 9.67. The molecule has 0 atom stereocenters. The summed E-state index contributed by atoms with van der Waals surface area (Å²) in [6.45, 7) is 7.95. The summed E-state index contributed by atoms with van der Waals surface area (Å²) in [5.41, 5.74) is 11.6. The van der Waals surface area contributed by atoms with Crippen LogP contribution in [0.3, 0.4) is 0 Å². The summed E-state index contributed by atoms with van der Waals surface area (Å²) in [7, 11) is 3.40. The molecule has 0 aliphatic rings. The number of methoxy groups -OCH3 is 1. The average Bonchev–Trinajstić information content (AvgIpc) is 3.07. The first-order valence-corrected chi connectivity index (χ1v) is 10.5. The van der Waals surface area contributed by atoms with E-state index in [0.717, 1.165) is 44.7 Å². The number of aromatic nitrogens is 3. The fourth-order valence-corrected chi connectivity index (χ4v) is 3.78. The van der Waals surface area contributed by atoms with E-state index < -0.39 is 0 Å². The van der Waals surface area contributed by atoms with Crippen LogP contribution in [-0.2, 0) is 23.1 Å². The molecule has 0 fully saturated rings. The maximum atomic E-state index is 12.3. The van der Waals surface area contributed by atoms with Crippen molar-refractivity contribution in [1.29, 1.82) is 0 Å². The lowest BCUT2D eigenvalue weighted by Crippen LogP contribution is -2.44. The highest BCUT2D eigenvalue weighted by Crippen LogP contribution is 2.30. The summed E-state index contributed by atoms with van der Waals surface area (Å²) in [4.78, 5) is 29.0. The summed E-state index contributed by atoms with van der Waals surface area (Å²) >= 11 is 0. The molecule has 170 valence electrons. The lowest BCUT2D eigenvalue weighted by molar-refractivity contribution is -0.128. The van der Waals surface area contributed by atoms with Crippen molar-refractivity contribution in [2.45, 2.75) is 40.5 Å². The third kappa shape index (κ3) is 4.99. The van der Waals surface area contributed by atoms with Gasteiger partial charge in [0.25, 0.3) is 5.91 Å². The highest BCUT2D eigenvalue weighted by Gasteiger charge is 2.18. The Morgan fingerprint density at radius 2 is 1.81 bits per heavy atom. The Morgan fingerprint density at radius 3 is 2.50 bits per heavy atom. The first kappa shape index (κ1) is 23.1. The van der Waals surface area contributed by atoms with Crippen LogP contribution in [0.2, 0.25) is 0 Å². The number of nitrogens with one attached hydrogen (secondary N) is 3. The Morgan fingerprint density at radius 1 is 1.09 bits per heavy atom. The molecule has 0 spiro atoms. The third-order valence-corrected chi connectivity index (χ3v) is 5.48. The molecule has 0 bridgehead atoms. The molecule has 0 aliphatic heterocycles. The van der Waals surface area contributed by atoms with E-state index in [1.54, 1.807) is 11.8 Å². The van der Waals surface area contributed by atoms with Crippen molar-refractivity contribution in [3.63, 3.8) is 0 Å². The van der Waals surface area contributed by atoms with Gasteiger partial charge in [-0.1, -0.05) is 17.7 Å². The number of aryl methyl sites for hydroxylation is 5. The van der Waals surface area contributed by atoms with Crippen LogP contribution in [0.15, 0.2) is 18.2 Å². The number of amides is 2. The minimum atomic E-state index is -0.325. The Balaban J connectivity index is 1.54. The molecular formula is C23H30N6O3. The zero-order valence-electron chi connectivity index (χ0n) is 19.4. The van der Waals surface area contributed by atoms with E-state index in [-0.39, 0.29) is 24.8 Å². The lowest BCUT2D eigenvalue weighted by atomic mass is 10.00. The van der Waals surface area contributed by atoms with Gasteiger partial charge >= 0.3 is 0 Å². The number of rotatable bonds is 7. The zero-order chi connectivity index (χ0) is 23.4. The number of hydrazine groups is 1. The topological polar surface area (TPSA) is 110 Å². The van der Waals surface area contributed by atoms with Crippen molar-refractivity contribution in [2.24, 2.45) is 7.05 Å². The van der Waals surface area contributed by atoms with Crippen LogP contribution in [-0.4, -0.2) is 40.2 Å². The molecule has 0 saturated carbocycles. The van der Waals surface area contributed by atoms with E-state index >= 15 is 0 Å². The summed E-state index contributed by atoms with van der Waals surface area (Å²) in [5.74, 6) is -0.0856. The van der Waals surface area contributed by atoms with Crippen molar-refractivity contribution in [3.05, 3.63) is 46.1 Å². The van der Waals surface area contributed by atoms with Gasteiger partial charge in [-0.3, -0.25) is 20.4 Å². The number of fused-ring (bicyclic) bond motifs is 1. The van der Waals surface area contributed by atoms with Crippen molar-refractivity contribution in [2.75, 3.05) is 19.0 Å². The number of carbonyl (C=O) groups is 2. The smallest absolute Gasteiger partial charge is 0.257 e. The van der Waals surface area contributed by atoms with Gasteiger partial charge in [0.2, 0.25) is 11.8 Å². The quantitative estimate of drug-likeness (QED) is 0.489. The molecule has 0 aliphatic carbocycles. The highest BCUT2D eigenvalue weighted by molar-refractivity contribution is 5.87. The van der Waals surface area contributed by atoms with Crippen LogP contribution in [0.4, 0.5) is 5.69 Å². The van der Waals surface area contributed by atoms with Crippen LogP contribution in [0.5, 0.6) is 5.88 Å². The molecule has 0 radical (unpaired) electrons. The van der Waals surface area contributed by atoms with Gasteiger partial charge in [0.05, 0.1) is 19.0 Å². The Bertz CT molecular complexity index is 1170. The predicted molar refractivity (Wildman–Crippen MR) is 124 cm³/mol. The minimum absolute atomic E-state index is 0.0593. The first-order chi connectivity index (χ1) is 15.2. The van der Waals surface area contributed by atoms with Gasteiger partial charge in [-0.05, 0) is 56.9 Å². The number of carbonyl (C=O) groups excluding carboxylic acids is 2. The monoisotopic (exact) mass is 438 g/mol. The number of hydrogen-bond donors (Lipinski definition) is 3. The maximum absolute atomic E-state index is 12.3. The van der Waals surface area contributed by atoms with Gasteiger partial charge in [-0.25, -0.2) is 9.67 Å². The standard InChI is InChI=1S/C23H30N6O3/c1-13-7-9-18(14(2)11-13)24-12-20(31)27-26-19(30)10-8-17-15(3)21-22(25-16(17)4)29(5)28-23(21)32-6/h7,9,11,24H,8,10,12H2,1-6H3,(H,26,30)(H,27,31). The second-order valence-electron chi connectivity index (χ2n) is 7.90. The van der Waals surface area contributed by atoms with Gasteiger partial charge in [0.15, 0.2) is 5.65 Å². The number of benzene rings is 1. The van der Waals surface area contributed by atoms with Crippen molar-refractivity contribution < 1.29 is 14.3 Å². The minimum Gasteiger partial charge on any atom is -0.479 e. The molecule has 2 heterocycles. The van der Waals surface area contributed by atoms with E-state index in [1.165, 1.54) is 0 Å². The van der Waals surface area contributed by atoms with Crippen molar-refractivity contribution in [3.8, 4) is 5.88 Å². The largest absolute Gasteiger partial charge is 0.479 e. The fraction of sp³-hybridized carbons (Fsp3) is 0.391. The van der Waals surface area contributed by atoms with Crippen LogP contribution >= 0.6 is 0 Å². The van der Waals surface area contributed by atoms with Crippen LogP contribution < -0.4 is 20.9 Å². The molecule has 9 heteroatoms. The Hall–Kier alpha value is -3.62. The molecule has 32 heavy (non-hydrogen) atoms. The molecule has 3 aromatic rings. The second-order valence-corrected chi connectivity index (χ2v) is 7.90. The van der Waals surface area contributed by atoms with Gasteiger partial charge in [-0.15, -0.1) is 5.10 Å². The lowest BCUT2D eigenvalue weighted by Gasteiger charge is -2.13. The third-order valence-electron chi connectivity index (χ3n) is 5.48. The molecular weight excluding hydrogens is 408 g/mol. The summed E-state index contributed by atoms with van der Waals surface area (Å²) in [6.07, 6.45) is 0.698. The van der Waals surface area contributed by atoms with E-state index in [2.05, 4.69) is 26.3 Å². The molecule has 3 N–H and O–H groups in total. The van der Waals surface area contributed by atoms with Crippen molar-refractivity contribution in [1.82, 2.24) is 25.6 Å². The van der Waals surface area contributed by atoms with Crippen LogP contribution in [0.25, 0.3) is 11.0 Å². The fourth-order valence-electron chi connectivity index (χ4n) is 3.78. The van der Waals surface area contributed by atoms with E-state index in [9.17, 15) is 9.59 Å². The Labute approximate surface area is 187 Å². The molecule has 2 amide bonds. The van der Waals surface area contributed by atoms with Gasteiger partial charge in [0.1, 0.15) is 0 Å². The number of ether oxygens (including phenoxy) is 1. The molecule has 1 aromatic carbocycles. The SMILES string of the molecule is COc1nn(C)c2nc(C)c(CCC(=O)NNC(=O)CNc3ccc(C)cc3C)c(C)c12. The molecule has 0 unspecified atom stereocenters.